The third-order valence-corrected chi connectivity index (χ3v) is 3.64. The summed E-state index contributed by atoms with van der Waals surface area (Å²) in [6.07, 6.45) is 8.73. The van der Waals surface area contributed by atoms with Crippen molar-refractivity contribution in [3.05, 3.63) is 60.0 Å². The largest absolute Gasteiger partial charge is 0.298 e. The molecule has 0 N–H and O–H groups in total. The zero-order valence-corrected chi connectivity index (χ0v) is 15.7. The van der Waals surface area contributed by atoms with Gasteiger partial charge in [-0.15, -0.1) is 0 Å². The molecule has 0 spiro atoms. The Kier molecular flexibility index (Phi) is 9.71. The molecule has 2 unspecified atom stereocenters. The van der Waals surface area contributed by atoms with Crippen LogP contribution in [0.15, 0.2) is 58.6 Å². The summed E-state index contributed by atoms with van der Waals surface area (Å²) in [5, 5.41) is 5.56. The molecule has 27 heavy (non-hydrogen) atoms. The first-order chi connectivity index (χ1) is 12.9. The van der Waals surface area contributed by atoms with Gasteiger partial charge in [0.1, 0.15) is 24.3 Å². The second kappa shape index (κ2) is 11.8. The molecule has 8 heteroatoms. The maximum atomic E-state index is 14.2. The van der Waals surface area contributed by atoms with E-state index in [4.69, 9.17) is 0 Å². The number of rotatable bonds is 10. The molecule has 0 aliphatic carbocycles. The van der Waals surface area contributed by atoms with E-state index in [1.54, 1.807) is 25.9 Å². The van der Waals surface area contributed by atoms with Gasteiger partial charge in [-0.2, -0.15) is 5.10 Å². The van der Waals surface area contributed by atoms with Crippen LogP contribution < -0.4 is 0 Å². The van der Waals surface area contributed by atoms with E-state index in [0.717, 1.165) is 18.3 Å². The van der Waals surface area contributed by atoms with Gasteiger partial charge in [0.2, 0.25) is 0 Å². The maximum absolute atomic E-state index is 14.2. The summed E-state index contributed by atoms with van der Waals surface area (Å²) < 4.78 is 41.6. The van der Waals surface area contributed by atoms with Crippen molar-refractivity contribution in [2.45, 2.75) is 26.2 Å². The third-order valence-electron chi connectivity index (χ3n) is 3.64. The van der Waals surface area contributed by atoms with E-state index in [1.165, 1.54) is 24.8 Å². The van der Waals surface area contributed by atoms with Gasteiger partial charge in [-0.1, -0.05) is 13.0 Å². The molecule has 0 aliphatic heterocycles. The molecule has 0 radical (unpaired) electrons. The van der Waals surface area contributed by atoms with E-state index in [9.17, 15) is 13.2 Å². The van der Waals surface area contributed by atoms with Crippen LogP contribution in [-0.4, -0.2) is 41.6 Å². The van der Waals surface area contributed by atoms with Gasteiger partial charge < -0.3 is 0 Å². The molecular formula is C19H24F3N5. The fraction of sp³-hybridized carbons (Fsp3) is 0.368. The van der Waals surface area contributed by atoms with Crippen molar-refractivity contribution < 1.29 is 13.2 Å². The van der Waals surface area contributed by atoms with E-state index in [1.807, 2.05) is 0 Å². The molecule has 5 nitrogen and oxygen atoms in total. The molecule has 0 aliphatic rings. The highest BCUT2D eigenvalue weighted by atomic mass is 19.1. The number of aromatic nitrogens is 2. The van der Waals surface area contributed by atoms with E-state index < -0.39 is 17.5 Å². The standard InChI is InChI=1S/C19H24F3N5/c1-5-6-16(20)9-17(21)8-15(11-27(4)26-12-23-3)7-14(2)19-18(22)10-24-13-25-19/h5-6,8-10,12-15H,3,7,11H2,1-2,4H3/b6-5-,16-9+,17-8-,26-12-. The molecule has 1 rings (SSSR count). The molecular weight excluding hydrogens is 355 g/mol. The second-order valence-corrected chi connectivity index (χ2v) is 5.99. The Morgan fingerprint density at radius 3 is 2.74 bits per heavy atom. The van der Waals surface area contributed by atoms with Gasteiger partial charge in [0.25, 0.3) is 0 Å². The summed E-state index contributed by atoms with van der Waals surface area (Å²) in [5.41, 5.74) is 0.248. The number of hydrazone groups is 1. The first-order valence-electron chi connectivity index (χ1n) is 8.39. The lowest BCUT2D eigenvalue weighted by Gasteiger charge is -2.22. The van der Waals surface area contributed by atoms with Crippen LogP contribution in [0.1, 0.15) is 31.9 Å². The molecule has 0 amide bonds. The Balaban J connectivity index is 3.02. The molecule has 1 heterocycles. The van der Waals surface area contributed by atoms with Crippen LogP contribution in [0.2, 0.25) is 0 Å². The van der Waals surface area contributed by atoms with Crippen LogP contribution in [0, 0.1) is 11.7 Å². The summed E-state index contributed by atoms with van der Waals surface area (Å²) >= 11 is 0. The van der Waals surface area contributed by atoms with Crippen molar-refractivity contribution >= 4 is 13.1 Å². The van der Waals surface area contributed by atoms with Gasteiger partial charge >= 0.3 is 0 Å². The number of hydrogen-bond donors (Lipinski definition) is 0. The smallest absolute Gasteiger partial charge is 0.163 e. The molecule has 1 aromatic heterocycles. The number of allylic oxidation sites excluding steroid dienone is 5. The van der Waals surface area contributed by atoms with Crippen molar-refractivity contribution in [1.29, 1.82) is 0 Å². The van der Waals surface area contributed by atoms with Crippen molar-refractivity contribution in [2.24, 2.45) is 16.0 Å². The lowest BCUT2D eigenvalue weighted by Crippen LogP contribution is -2.22. The summed E-state index contributed by atoms with van der Waals surface area (Å²) in [5.74, 6) is -2.61. The number of hydrogen-bond acceptors (Lipinski definition) is 4. The molecule has 0 fully saturated rings. The Morgan fingerprint density at radius 2 is 2.11 bits per heavy atom. The third kappa shape index (κ3) is 8.44. The molecule has 0 saturated heterocycles. The van der Waals surface area contributed by atoms with Crippen LogP contribution in [0.25, 0.3) is 0 Å². The molecule has 0 bridgehead atoms. The van der Waals surface area contributed by atoms with E-state index in [-0.39, 0.29) is 17.5 Å². The maximum Gasteiger partial charge on any atom is 0.163 e. The fourth-order valence-electron chi connectivity index (χ4n) is 2.57. The number of aliphatic imine (C=N–C) groups is 1. The van der Waals surface area contributed by atoms with Crippen LogP contribution in [-0.2, 0) is 0 Å². The SMILES string of the molecule is C=N/C=N\N(C)CC(/C=C(F)/C=C(F)\C=C/C)CC(C)c1ncncc1F. The minimum Gasteiger partial charge on any atom is -0.298 e. The van der Waals surface area contributed by atoms with Gasteiger partial charge in [0.05, 0.1) is 11.9 Å². The topological polar surface area (TPSA) is 53.7 Å². The highest BCUT2D eigenvalue weighted by Gasteiger charge is 2.19. The van der Waals surface area contributed by atoms with Crippen LogP contribution >= 0.6 is 0 Å². The van der Waals surface area contributed by atoms with Gasteiger partial charge in [-0.25, -0.2) is 23.1 Å². The van der Waals surface area contributed by atoms with Crippen molar-refractivity contribution in [2.75, 3.05) is 13.6 Å². The number of nitrogens with zero attached hydrogens (tertiary/aromatic N) is 5. The van der Waals surface area contributed by atoms with Crippen LogP contribution in [0.4, 0.5) is 13.2 Å². The zero-order chi connectivity index (χ0) is 20.2. The minimum absolute atomic E-state index is 0.248. The Morgan fingerprint density at radius 1 is 1.37 bits per heavy atom. The minimum atomic E-state index is -0.717. The first-order valence-corrected chi connectivity index (χ1v) is 8.39. The quantitative estimate of drug-likeness (QED) is 0.259. The molecule has 0 aromatic carbocycles. The normalized spacial score (nSPS) is 15.3. The average molecular weight is 379 g/mol. The van der Waals surface area contributed by atoms with E-state index in [2.05, 4.69) is 26.8 Å². The van der Waals surface area contributed by atoms with Crippen molar-refractivity contribution in [3.8, 4) is 0 Å². The van der Waals surface area contributed by atoms with Gasteiger partial charge in [-0.3, -0.25) is 10.0 Å². The number of halogens is 3. The monoisotopic (exact) mass is 379 g/mol. The van der Waals surface area contributed by atoms with E-state index >= 15 is 0 Å². The summed E-state index contributed by atoms with van der Waals surface area (Å²) in [6.45, 7) is 7.04. The Hall–Kier alpha value is -2.77. The lowest BCUT2D eigenvalue weighted by atomic mass is 9.92. The molecule has 0 saturated carbocycles. The highest BCUT2D eigenvalue weighted by molar-refractivity contribution is 5.61. The molecule has 146 valence electrons. The Labute approximate surface area is 157 Å². The second-order valence-electron chi connectivity index (χ2n) is 5.99. The first kappa shape index (κ1) is 22.3. The molecule has 1 aromatic rings. The van der Waals surface area contributed by atoms with E-state index in [0.29, 0.717) is 13.0 Å². The predicted molar refractivity (Wildman–Crippen MR) is 102 cm³/mol. The summed E-state index contributed by atoms with van der Waals surface area (Å²) in [7, 11) is 1.69. The average Bonchev–Trinajstić information content (AvgIpc) is 2.60. The highest BCUT2D eigenvalue weighted by Crippen LogP contribution is 2.26. The van der Waals surface area contributed by atoms with Gasteiger partial charge in [0.15, 0.2) is 5.82 Å². The summed E-state index contributed by atoms with van der Waals surface area (Å²) in [6, 6.07) is 0. The van der Waals surface area contributed by atoms with Crippen molar-refractivity contribution in [1.82, 2.24) is 15.0 Å². The van der Waals surface area contributed by atoms with Gasteiger partial charge in [0, 0.05) is 25.6 Å². The van der Waals surface area contributed by atoms with Gasteiger partial charge in [-0.05, 0) is 38.1 Å². The zero-order valence-electron chi connectivity index (χ0n) is 15.7. The Bertz CT molecular complexity index is 728. The lowest BCUT2D eigenvalue weighted by molar-refractivity contribution is 0.298. The summed E-state index contributed by atoms with van der Waals surface area (Å²) in [4.78, 5) is 11.1. The van der Waals surface area contributed by atoms with Crippen molar-refractivity contribution in [3.63, 3.8) is 0 Å². The van der Waals surface area contributed by atoms with Crippen LogP contribution in [0.5, 0.6) is 0 Å². The molecule has 2 atom stereocenters. The van der Waals surface area contributed by atoms with Crippen LogP contribution in [0.3, 0.4) is 0 Å². The predicted octanol–water partition coefficient (Wildman–Crippen LogP) is 4.58. The fourth-order valence-corrected chi connectivity index (χ4v) is 2.57.